The van der Waals surface area contributed by atoms with Gasteiger partial charge < -0.3 is 10.1 Å². The Labute approximate surface area is 189 Å². The molecule has 1 aliphatic carbocycles. The number of methoxy groups -OCH3 is 1. The van der Waals surface area contributed by atoms with Crippen LogP contribution < -0.4 is 5.32 Å². The van der Waals surface area contributed by atoms with E-state index in [1.807, 2.05) is 0 Å². The van der Waals surface area contributed by atoms with Crippen molar-refractivity contribution in [3.05, 3.63) is 54.9 Å². The summed E-state index contributed by atoms with van der Waals surface area (Å²) in [5, 5.41) is 14.6. The van der Waals surface area contributed by atoms with Crippen LogP contribution in [-0.2, 0) is 17.6 Å². The zero-order chi connectivity index (χ0) is 22.9. The first-order valence-corrected chi connectivity index (χ1v) is 11.3. The number of esters is 1. The van der Waals surface area contributed by atoms with Crippen molar-refractivity contribution in [1.82, 2.24) is 0 Å². The van der Waals surface area contributed by atoms with Crippen LogP contribution in [0.3, 0.4) is 0 Å². The van der Waals surface area contributed by atoms with Gasteiger partial charge in [-0.25, -0.2) is 4.79 Å². The average Bonchev–Trinajstić information content (AvgIpc) is 3.09. The van der Waals surface area contributed by atoms with Crippen LogP contribution in [0.4, 0.5) is 10.7 Å². The fraction of sp³-hybridized carbons (Fsp3) is 0.455. The van der Waals surface area contributed by atoms with Crippen molar-refractivity contribution in [2.45, 2.75) is 46.5 Å². The summed E-state index contributed by atoms with van der Waals surface area (Å²) in [6.45, 7) is 6.67. The first-order chi connectivity index (χ1) is 14.6. The van der Waals surface area contributed by atoms with Crippen LogP contribution in [0.5, 0.6) is 0 Å². The van der Waals surface area contributed by atoms with Crippen LogP contribution in [0.25, 0.3) is 0 Å². The summed E-state index contributed by atoms with van der Waals surface area (Å²) in [5.74, 6) is -0.723. The minimum Gasteiger partial charge on any atom is -0.465 e. The number of fused-ring (bicyclic) bond motifs is 1. The summed E-state index contributed by atoms with van der Waals surface area (Å²) < 4.78 is 4.97. The van der Waals surface area contributed by atoms with E-state index < -0.39 is 22.5 Å². The zero-order valence-corrected chi connectivity index (χ0v) is 19.5. The van der Waals surface area contributed by atoms with Crippen LogP contribution in [0.2, 0.25) is 5.02 Å². The SMILES string of the molecule is CCC(C)(C)C1CCc2c(sc(NC(=O)c3ccc(Cl)cc3[N+](=O)[O-])c2C(=O)OC)C1. The highest BCUT2D eigenvalue weighted by molar-refractivity contribution is 7.17. The molecule has 2 aromatic rings. The number of hydrogen-bond donors (Lipinski definition) is 1. The fourth-order valence-corrected chi connectivity index (χ4v) is 5.44. The lowest BCUT2D eigenvalue weighted by atomic mass is 9.69. The molecule has 0 radical (unpaired) electrons. The van der Waals surface area contributed by atoms with Gasteiger partial charge in [0.1, 0.15) is 10.6 Å². The van der Waals surface area contributed by atoms with E-state index in [1.165, 1.54) is 30.6 Å². The van der Waals surface area contributed by atoms with Crippen LogP contribution >= 0.6 is 22.9 Å². The Kier molecular flexibility index (Phi) is 6.71. The average molecular weight is 465 g/mol. The second-order valence-electron chi connectivity index (χ2n) is 8.35. The van der Waals surface area contributed by atoms with Crippen molar-refractivity contribution in [2.75, 3.05) is 12.4 Å². The van der Waals surface area contributed by atoms with Gasteiger partial charge in [0, 0.05) is 16.0 Å². The quantitative estimate of drug-likeness (QED) is 0.326. The first-order valence-electron chi connectivity index (χ1n) is 10.1. The zero-order valence-electron chi connectivity index (χ0n) is 17.9. The lowest BCUT2D eigenvalue weighted by Crippen LogP contribution is -2.28. The van der Waals surface area contributed by atoms with Crippen molar-refractivity contribution in [1.29, 1.82) is 0 Å². The minimum absolute atomic E-state index is 0.124. The van der Waals surface area contributed by atoms with Gasteiger partial charge in [-0.05, 0) is 48.3 Å². The molecule has 1 N–H and O–H groups in total. The molecule has 0 saturated heterocycles. The molecule has 0 bridgehead atoms. The van der Waals surface area contributed by atoms with Crippen LogP contribution in [-0.4, -0.2) is 23.9 Å². The second kappa shape index (κ2) is 8.96. The predicted octanol–water partition coefficient (Wildman–Crippen LogP) is 5.89. The van der Waals surface area contributed by atoms with Crippen molar-refractivity contribution >= 4 is 45.5 Å². The number of rotatable bonds is 6. The Morgan fingerprint density at radius 2 is 2.10 bits per heavy atom. The molecule has 1 aliphatic rings. The van der Waals surface area contributed by atoms with Gasteiger partial charge >= 0.3 is 5.97 Å². The van der Waals surface area contributed by atoms with Crippen molar-refractivity contribution in [2.24, 2.45) is 11.3 Å². The van der Waals surface area contributed by atoms with Crippen molar-refractivity contribution in [3.63, 3.8) is 0 Å². The monoisotopic (exact) mass is 464 g/mol. The molecular weight excluding hydrogens is 440 g/mol. The Morgan fingerprint density at radius 3 is 2.71 bits per heavy atom. The summed E-state index contributed by atoms with van der Waals surface area (Å²) in [6, 6.07) is 3.86. The maximum atomic E-state index is 12.9. The molecule has 166 valence electrons. The number of amides is 1. The maximum absolute atomic E-state index is 12.9. The topological polar surface area (TPSA) is 98.5 Å². The third-order valence-electron chi connectivity index (χ3n) is 6.30. The van der Waals surface area contributed by atoms with Gasteiger partial charge in [-0.3, -0.25) is 14.9 Å². The van der Waals surface area contributed by atoms with Gasteiger partial charge in [0.2, 0.25) is 0 Å². The summed E-state index contributed by atoms with van der Waals surface area (Å²) >= 11 is 7.19. The normalized spacial score (nSPS) is 15.8. The number of benzene rings is 1. The standard InChI is InChI=1S/C22H25ClN2O5S/c1-5-22(2,3)12-6-8-15-17(10-12)31-20(18(15)21(27)30-4)24-19(26)14-9-7-13(23)11-16(14)25(28)29/h7,9,11-12H,5-6,8,10H2,1-4H3,(H,24,26). The lowest BCUT2D eigenvalue weighted by Gasteiger charge is -2.36. The third kappa shape index (κ3) is 4.60. The minimum atomic E-state index is -0.669. The first kappa shape index (κ1) is 23.2. The molecule has 1 aromatic carbocycles. The fourth-order valence-electron chi connectivity index (χ4n) is 3.97. The summed E-state index contributed by atoms with van der Waals surface area (Å²) in [7, 11) is 1.30. The van der Waals surface area contributed by atoms with Crippen molar-refractivity contribution in [3.8, 4) is 0 Å². The number of carbonyl (C=O) groups excluding carboxylic acids is 2. The number of thiophene rings is 1. The predicted molar refractivity (Wildman–Crippen MR) is 121 cm³/mol. The van der Waals surface area contributed by atoms with E-state index in [1.54, 1.807) is 0 Å². The van der Waals surface area contributed by atoms with E-state index in [0.29, 0.717) is 16.5 Å². The smallest absolute Gasteiger partial charge is 0.341 e. The van der Waals surface area contributed by atoms with Gasteiger partial charge in [0.25, 0.3) is 11.6 Å². The summed E-state index contributed by atoms with van der Waals surface area (Å²) in [6.07, 6.45) is 3.54. The number of nitrogens with one attached hydrogen (secondary N) is 1. The summed E-state index contributed by atoms with van der Waals surface area (Å²) in [4.78, 5) is 37.2. The molecule has 1 aromatic heterocycles. The molecule has 31 heavy (non-hydrogen) atoms. The molecule has 3 rings (SSSR count). The van der Waals surface area contributed by atoms with E-state index in [9.17, 15) is 19.7 Å². The molecule has 0 fully saturated rings. The number of nitrogens with zero attached hydrogens (tertiary/aromatic N) is 1. The molecule has 7 nitrogen and oxygen atoms in total. The van der Waals surface area contributed by atoms with Gasteiger partial charge in [-0.1, -0.05) is 38.8 Å². The van der Waals surface area contributed by atoms with Crippen molar-refractivity contribution < 1.29 is 19.2 Å². The van der Waals surface area contributed by atoms with Crippen LogP contribution in [0.1, 0.15) is 64.8 Å². The molecule has 1 unspecified atom stereocenters. The number of nitro benzene ring substituents is 1. The number of nitro groups is 1. The number of anilines is 1. The number of hydrogen-bond acceptors (Lipinski definition) is 6. The van der Waals surface area contributed by atoms with E-state index in [4.69, 9.17) is 16.3 Å². The van der Waals surface area contributed by atoms with E-state index >= 15 is 0 Å². The van der Waals surface area contributed by atoms with Gasteiger partial charge in [0.15, 0.2) is 0 Å². The Hall–Kier alpha value is -2.45. The van der Waals surface area contributed by atoms with Crippen LogP contribution in [0, 0.1) is 21.4 Å². The van der Waals surface area contributed by atoms with E-state index in [2.05, 4.69) is 26.1 Å². The van der Waals surface area contributed by atoms with E-state index in [0.717, 1.165) is 42.2 Å². The van der Waals surface area contributed by atoms with Crippen LogP contribution in [0.15, 0.2) is 18.2 Å². The van der Waals surface area contributed by atoms with Gasteiger partial charge in [0.05, 0.1) is 17.6 Å². The number of halogens is 1. The van der Waals surface area contributed by atoms with Gasteiger partial charge in [-0.2, -0.15) is 0 Å². The number of carbonyl (C=O) groups is 2. The molecule has 0 aliphatic heterocycles. The third-order valence-corrected chi connectivity index (χ3v) is 7.70. The molecule has 0 spiro atoms. The second-order valence-corrected chi connectivity index (χ2v) is 9.90. The lowest BCUT2D eigenvalue weighted by molar-refractivity contribution is -0.385. The molecule has 9 heteroatoms. The highest BCUT2D eigenvalue weighted by Gasteiger charge is 2.36. The van der Waals surface area contributed by atoms with Gasteiger partial charge in [-0.15, -0.1) is 11.3 Å². The molecule has 1 atom stereocenters. The Bertz CT molecular complexity index is 1050. The summed E-state index contributed by atoms with van der Waals surface area (Å²) in [5.41, 5.74) is 0.902. The van der Waals surface area contributed by atoms with E-state index in [-0.39, 0.29) is 16.0 Å². The molecule has 1 amide bonds. The molecular formula is C22H25ClN2O5S. The number of ether oxygens (including phenoxy) is 1. The highest BCUT2D eigenvalue weighted by Crippen LogP contribution is 2.45. The highest BCUT2D eigenvalue weighted by atomic mass is 35.5. The Morgan fingerprint density at radius 1 is 1.39 bits per heavy atom. The Balaban J connectivity index is 1.98. The molecule has 1 heterocycles. The molecule has 0 saturated carbocycles. The largest absolute Gasteiger partial charge is 0.465 e. The maximum Gasteiger partial charge on any atom is 0.341 e.